The number of benzene rings is 1. The van der Waals surface area contributed by atoms with E-state index in [0.717, 1.165) is 37.8 Å². The van der Waals surface area contributed by atoms with Crippen LogP contribution >= 0.6 is 0 Å². The van der Waals surface area contributed by atoms with Crippen LogP contribution < -0.4 is 11.1 Å². The van der Waals surface area contributed by atoms with Crippen molar-refractivity contribution in [3.05, 3.63) is 35.9 Å². The average Bonchev–Trinajstić information content (AvgIpc) is 2.77. The first-order chi connectivity index (χ1) is 11.2. The van der Waals surface area contributed by atoms with Crippen molar-refractivity contribution in [2.45, 2.75) is 44.6 Å². The number of nitrogens with two attached hydrogens (primary N) is 1. The Morgan fingerprint density at radius 2 is 2.00 bits per heavy atom. The van der Waals surface area contributed by atoms with Gasteiger partial charge in [-0.1, -0.05) is 36.8 Å². The summed E-state index contributed by atoms with van der Waals surface area (Å²) in [4.78, 5) is 25.8. The number of carbonyl (C=O) groups excluding carboxylic acids is 2. The fourth-order valence-electron chi connectivity index (χ4n) is 2.85. The number of carbonyl (C=O) groups is 2. The van der Waals surface area contributed by atoms with Crippen molar-refractivity contribution in [2.24, 2.45) is 5.73 Å². The van der Waals surface area contributed by atoms with Crippen LogP contribution in [0, 0.1) is 0 Å². The van der Waals surface area contributed by atoms with Crippen LogP contribution in [0.3, 0.4) is 0 Å². The van der Waals surface area contributed by atoms with E-state index in [-0.39, 0.29) is 11.8 Å². The van der Waals surface area contributed by atoms with Gasteiger partial charge in [-0.15, -0.1) is 0 Å². The lowest BCUT2D eigenvalue weighted by Gasteiger charge is -2.20. The summed E-state index contributed by atoms with van der Waals surface area (Å²) in [6.45, 7) is 2.12. The number of rotatable bonds is 7. The summed E-state index contributed by atoms with van der Waals surface area (Å²) in [7, 11) is 0. The van der Waals surface area contributed by atoms with Gasteiger partial charge < -0.3 is 16.0 Å². The van der Waals surface area contributed by atoms with Crippen molar-refractivity contribution in [1.29, 1.82) is 0 Å². The Labute approximate surface area is 138 Å². The van der Waals surface area contributed by atoms with Gasteiger partial charge in [0.25, 0.3) is 0 Å². The summed E-state index contributed by atoms with van der Waals surface area (Å²) in [5, 5.41) is 2.87. The standard InChI is InChI=1S/C18H27N3O2/c19-16(14-15-8-3-1-4-9-15)18(23)20-11-7-13-21-12-6-2-5-10-17(21)22/h1,3-4,8-9,16H,2,5-7,10-14,19H2,(H,20,23). The number of nitrogens with one attached hydrogen (secondary N) is 1. The third-order valence-corrected chi connectivity index (χ3v) is 4.21. The van der Waals surface area contributed by atoms with Gasteiger partial charge in [0, 0.05) is 26.1 Å². The maximum absolute atomic E-state index is 12.0. The minimum absolute atomic E-state index is 0.129. The number of hydrogen-bond acceptors (Lipinski definition) is 3. The Morgan fingerprint density at radius 3 is 2.78 bits per heavy atom. The molecule has 1 heterocycles. The molecule has 3 N–H and O–H groups in total. The van der Waals surface area contributed by atoms with Crippen molar-refractivity contribution in [3.63, 3.8) is 0 Å². The van der Waals surface area contributed by atoms with Crippen LogP contribution in [0.5, 0.6) is 0 Å². The van der Waals surface area contributed by atoms with E-state index in [1.54, 1.807) is 0 Å². The van der Waals surface area contributed by atoms with E-state index in [4.69, 9.17) is 5.73 Å². The van der Waals surface area contributed by atoms with Crippen LogP contribution in [0.1, 0.15) is 37.7 Å². The topological polar surface area (TPSA) is 75.4 Å². The summed E-state index contributed by atoms with van der Waals surface area (Å²) < 4.78 is 0. The van der Waals surface area contributed by atoms with Crippen molar-refractivity contribution >= 4 is 11.8 Å². The minimum atomic E-state index is -0.530. The first-order valence-electron chi connectivity index (χ1n) is 8.52. The highest BCUT2D eigenvalue weighted by atomic mass is 16.2. The molecule has 2 amide bonds. The molecule has 0 saturated carbocycles. The van der Waals surface area contributed by atoms with Crippen LogP contribution in [0.2, 0.25) is 0 Å². The zero-order valence-electron chi connectivity index (χ0n) is 13.7. The predicted molar refractivity (Wildman–Crippen MR) is 90.8 cm³/mol. The summed E-state index contributed by atoms with van der Waals surface area (Å²) >= 11 is 0. The van der Waals surface area contributed by atoms with Gasteiger partial charge in [-0.2, -0.15) is 0 Å². The molecule has 1 aliphatic rings. The molecule has 1 aromatic carbocycles. The van der Waals surface area contributed by atoms with E-state index in [2.05, 4.69) is 5.32 Å². The normalized spacial score (nSPS) is 16.7. The lowest BCUT2D eigenvalue weighted by molar-refractivity contribution is -0.130. The number of likely N-dealkylation sites (tertiary alicyclic amines) is 1. The summed E-state index contributed by atoms with van der Waals surface area (Å²) in [5.74, 6) is 0.116. The molecule has 0 aliphatic carbocycles. The molecule has 126 valence electrons. The molecule has 1 unspecified atom stereocenters. The number of amides is 2. The van der Waals surface area contributed by atoms with Crippen LogP contribution in [0.15, 0.2) is 30.3 Å². The second-order valence-corrected chi connectivity index (χ2v) is 6.13. The molecule has 5 heteroatoms. The number of nitrogens with zero attached hydrogens (tertiary/aromatic N) is 1. The smallest absolute Gasteiger partial charge is 0.237 e. The molecule has 1 saturated heterocycles. The molecule has 2 rings (SSSR count). The Morgan fingerprint density at radius 1 is 1.22 bits per heavy atom. The largest absolute Gasteiger partial charge is 0.355 e. The monoisotopic (exact) mass is 317 g/mol. The summed E-state index contributed by atoms with van der Waals surface area (Å²) in [6.07, 6.45) is 5.19. The zero-order chi connectivity index (χ0) is 16.5. The molecule has 1 atom stereocenters. The van der Waals surface area contributed by atoms with Crippen LogP contribution in [-0.4, -0.2) is 42.4 Å². The minimum Gasteiger partial charge on any atom is -0.355 e. The molecule has 0 radical (unpaired) electrons. The third-order valence-electron chi connectivity index (χ3n) is 4.21. The maximum Gasteiger partial charge on any atom is 0.237 e. The van der Waals surface area contributed by atoms with Crippen LogP contribution in [0.4, 0.5) is 0 Å². The molecular weight excluding hydrogens is 290 g/mol. The van der Waals surface area contributed by atoms with Crippen LogP contribution in [0.25, 0.3) is 0 Å². The maximum atomic E-state index is 12.0. The summed E-state index contributed by atoms with van der Waals surface area (Å²) in [5.41, 5.74) is 7.00. The second kappa shape index (κ2) is 9.30. The third kappa shape index (κ3) is 6.02. The molecule has 0 spiro atoms. The predicted octanol–water partition coefficient (Wildman–Crippen LogP) is 1.47. The van der Waals surface area contributed by atoms with E-state index in [9.17, 15) is 9.59 Å². The van der Waals surface area contributed by atoms with E-state index >= 15 is 0 Å². The van der Waals surface area contributed by atoms with E-state index < -0.39 is 6.04 Å². The van der Waals surface area contributed by atoms with Gasteiger partial charge in [0.1, 0.15) is 0 Å². The molecule has 5 nitrogen and oxygen atoms in total. The fraction of sp³-hybridized carbons (Fsp3) is 0.556. The van der Waals surface area contributed by atoms with E-state index in [0.29, 0.717) is 25.9 Å². The van der Waals surface area contributed by atoms with Crippen LogP contribution in [-0.2, 0) is 16.0 Å². The highest BCUT2D eigenvalue weighted by Crippen LogP contribution is 2.11. The lowest BCUT2D eigenvalue weighted by Crippen LogP contribution is -2.43. The molecule has 0 bridgehead atoms. The van der Waals surface area contributed by atoms with Gasteiger partial charge in [-0.05, 0) is 31.2 Å². The van der Waals surface area contributed by atoms with Crippen molar-refractivity contribution < 1.29 is 9.59 Å². The first kappa shape index (κ1) is 17.5. The highest BCUT2D eigenvalue weighted by Gasteiger charge is 2.16. The summed E-state index contributed by atoms with van der Waals surface area (Å²) in [6, 6.07) is 9.24. The van der Waals surface area contributed by atoms with Gasteiger partial charge in [-0.3, -0.25) is 9.59 Å². The van der Waals surface area contributed by atoms with Gasteiger partial charge in [-0.25, -0.2) is 0 Å². The Hall–Kier alpha value is -1.88. The fourth-order valence-corrected chi connectivity index (χ4v) is 2.85. The SMILES string of the molecule is NC(Cc1ccccc1)C(=O)NCCCN1CCCCCC1=O. The van der Waals surface area contributed by atoms with E-state index in [1.807, 2.05) is 35.2 Å². The first-order valence-corrected chi connectivity index (χ1v) is 8.52. The Bertz CT molecular complexity index is 504. The Balaban J connectivity index is 1.65. The Kier molecular flexibility index (Phi) is 7.07. The number of hydrogen-bond donors (Lipinski definition) is 2. The van der Waals surface area contributed by atoms with Gasteiger partial charge >= 0.3 is 0 Å². The van der Waals surface area contributed by atoms with Crippen molar-refractivity contribution in [3.8, 4) is 0 Å². The quantitative estimate of drug-likeness (QED) is 0.748. The molecule has 23 heavy (non-hydrogen) atoms. The average molecular weight is 317 g/mol. The second-order valence-electron chi connectivity index (χ2n) is 6.13. The molecular formula is C18H27N3O2. The van der Waals surface area contributed by atoms with Gasteiger partial charge in [0.05, 0.1) is 6.04 Å². The van der Waals surface area contributed by atoms with E-state index in [1.165, 1.54) is 0 Å². The van der Waals surface area contributed by atoms with Gasteiger partial charge in [0.15, 0.2) is 0 Å². The highest BCUT2D eigenvalue weighted by molar-refractivity contribution is 5.81. The molecule has 1 fully saturated rings. The molecule has 1 aromatic rings. The molecule has 1 aliphatic heterocycles. The lowest BCUT2D eigenvalue weighted by atomic mass is 10.1. The zero-order valence-corrected chi connectivity index (χ0v) is 13.7. The van der Waals surface area contributed by atoms with Gasteiger partial charge in [0.2, 0.25) is 11.8 Å². The van der Waals surface area contributed by atoms with Crippen molar-refractivity contribution in [1.82, 2.24) is 10.2 Å². The van der Waals surface area contributed by atoms with Crippen molar-refractivity contribution in [2.75, 3.05) is 19.6 Å². The molecule has 0 aromatic heterocycles.